The molecule has 0 N–H and O–H groups in total. The van der Waals surface area contributed by atoms with Crippen molar-refractivity contribution in [3.05, 3.63) is 0 Å². The molecule has 0 saturated heterocycles. The molecule has 10 heteroatoms. The molecule has 0 aromatic heterocycles. The summed E-state index contributed by atoms with van der Waals surface area (Å²) in [6, 6.07) is 0. The highest BCUT2D eigenvalue weighted by molar-refractivity contribution is 8.42. The summed E-state index contributed by atoms with van der Waals surface area (Å²) in [7, 11) is 20.9. The standard InChI is InChI=1S/B9S/c1-3-4-5-6-7-8-9-10-2/q-1. The van der Waals surface area contributed by atoms with Gasteiger partial charge >= 0.3 is 0 Å². The average molecular weight is 129 g/mol. The molecule has 0 aromatic carbocycles. The number of hydrogen-bond acceptors (Lipinski definition) is 1. The van der Waals surface area contributed by atoms with E-state index < -0.39 is 0 Å². The van der Waals surface area contributed by atoms with E-state index in [-0.39, 0.29) is 0 Å². The van der Waals surface area contributed by atoms with Gasteiger partial charge in [-0.2, -0.15) is 0 Å². The van der Waals surface area contributed by atoms with E-state index in [0.29, 0.717) is 0 Å². The second-order valence-corrected chi connectivity index (χ2v) is 1.97. The predicted molar refractivity (Wildman–Crippen MR) is 59.4 cm³/mol. The lowest BCUT2D eigenvalue weighted by Crippen LogP contribution is -2.28. The lowest BCUT2D eigenvalue weighted by molar-refractivity contribution is 3.86. The fourth-order valence-electron chi connectivity index (χ4n) is 0.347. The molecule has 0 heterocycles. The van der Waals surface area contributed by atoms with E-state index in [4.69, 9.17) is 14.9 Å². The van der Waals surface area contributed by atoms with Crippen molar-refractivity contribution in [1.82, 2.24) is 0 Å². The van der Waals surface area contributed by atoms with Gasteiger partial charge in [-0.15, -0.1) is 0 Å². The first-order valence-electron chi connectivity index (χ1n) is 2.80. The largest absolute Gasteiger partial charge is 0.552 e. The van der Waals surface area contributed by atoms with Crippen molar-refractivity contribution in [2.75, 3.05) is 0 Å². The fourth-order valence-corrected chi connectivity index (χ4v) is 0.529. The van der Waals surface area contributed by atoms with Gasteiger partial charge in [-0.1, -0.05) is 0 Å². The van der Waals surface area contributed by atoms with Crippen molar-refractivity contribution in [3.8, 4) is 0 Å². The van der Waals surface area contributed by atoms with Crippen LogP contribution in [0.3, 0.4) is 0 Å². The molecule has 0 fully saturated rings. The van der Waals surface area contributed by atoms with Gasteiger partial charge in [0.2, 0.25) is 0 Å². The zero-order valence-corrected chi connectivity index (χ0v) is 6.42. The summed E-state index contributed by atoms with van der Waals surface area (Å²) in [4.78, 5) is 0. The molecule has 0 rings (SSSR count). The summed E-state index contributed by atoms with van der Waals surface area (Å²) in [6.45, 7) is 0. The SMILES string of the molecule is [B][B][B][B][B][B][B][B]S[B-]. The van der Waals surface area contributed by atoms with Crippen LogP contribution in [0.25, 0.3) is 0 Å². The van der Waals surface area contributed by atoms with E-state index in [1.165, 1.54) is 18.5 Å². The molecule has 34 valence electrons. The number of rotatable bonds is 7. The molecule has 0 aliphatic heterocycles. The molecule has 0 saturated carbocycles. The summed E-state index contributed by atoms with van der Waals surface area (Å²) in [5.74, 6) is 0. The molecule has 0 aromatic rings. The molecule has 0 nitrogen and oxygen atoms in total. The van der Waals surface area contributed by atoms with Crippen molar-refractivity contribution >= 4 is 75.1 Å². The molecule has 0 aliphatic carbocycles. The van der Waals surface area contributed by atoms with Crippen LogP contribution in [0, 0.1) is 0 Å². The minimum atomic E-state index is 1.18. The Labute approximate surface area is 75.4 Å². The van der Waals surface area contributed by atoms with Gasteiger partial charge in [0.15, 0.2) is 0 Å². The van der Waals surface area contributed by atoms with Gasteiger partial charge in [0.05, 0.1) is 6.45 Å². The maximum atomic E-state index is 5.12. The highest BCUT2D eigenvalue weighted by Gasteiger charge is 1.91. The Morgan fingerprint density at radius 2 is 1.60 bits per heavy atom. The van der Waals surface area contributed by atoms with Crippen molar-refractivity contribution in [2.24, 2.45) is 0 Å². The van der Waals surface area contributed by atoms with Gasteiger partial charge in [0, 0.05) is 50.1 Å². The zero-order valence-electron chi connectivity index (χ0n) is 5.60. The Balaban J connectivity index is 2.65. The lowest BCUT2D eigenvalue weighted by atomic mass is 8.93. The molecular formula is B9S-. The lowest BCUT2D eigenvalue weighted by Gasteiger charge is -2.02. The van der Waals surface area contributed by atoms with E-state index in [1.807, 2.05) is 28.2 Å². The van der Waals surface area contributed by atoms with Gasteiger partial charge in [-0.3, -0.25) is 0 Å². The van der Waals surface area contributed by atoms with Crippen molar-refractivity contribution in [1.29, 1.82) is 0 Å². The van der Waals surface area contributed by atoms with Crippen LogP contribution >= 0.6 is 11.5 Å². The van der Waals surface area contributed by atoms with Gasteiger partial charge in [-0.05, 0) is 0 Å². The minimum absolute atomic E-state index is 1.18. The summed E-state index contributed by atoms with van der Waals surface area (Å²) >= 11 is 1.18. The van der Waals surface area contributed by atoms with Gasteiger partial charge in [0.1, 0.15) is 0 Å². The highest BCUT2D eigenvalue weighted by Crippen LogP contribution is 1.78. The third-order valence-electron chi connectivity index (χ3n) is 0.713. The van der Waals surface area contributed by atoms with E-state index in [1.54, 1.807) is 13.5 Å². The van der Waals surface area contributed by atoms with Gasteiger partial charge in [0.25, 0.3) is 0 Å². The molecule has 0 aliphatic rings. The van der Waals surface area contributed by atoms with Crippen LogP contribution in [0.4, 0.5) is 0 Å². The van der Waals surface area contributed by atoms with E-state index in [2.05, 4.69) is 0 Å². The Kier molecular flexibility index (Phi) is 10.9. The van der Waals surface area contributed by atoms with Crippen LogP contribution in [-0.4, -0.2) is 63.7 Å². The smallest absolute Gasteiger partial charge is 0.0751 e. The maximum Gasteiger partial charge on any atom is 0.0751 e. The number of hydrogen-bond donors (Lipinski definition) is 0. The summed E-state index contributed by atoms with van der Waals surface area (Å²) in [5, 5.41) is 0. The molecule has 12 radical (unpaired) electrons. The Morgan fingerprint density at radius 1 is 1.00 bits per heavy atom. The Hall–Kier alpha value is 0.934. The first kappa shape index (κ1) is 10.9. The maximum absolute atomic E-state index is 5.12. The average Bonchev–Trinajstić information content (AvgIpc) is 1.97. The molecule has 0 spiro atoms. The first-order valence-corrected chi connectivity index (χ1v) is 3.75. The van der Waals surface area contributed by atoms with Crippen LogP contribution in [-0.2, 0) is 0 Å². The van der Waals surface area contributed by atoms with Crippen molar-refractivity contribution in [3.63, 3.8) is 0 Å². The predicted octanol–water partition coefficient (Wildman–Crippen LogP) is -2.78. The monoisotopic (exact) mass is 131 g/mol. The second-order valence-electron chi connectivity index (χ2n) is 1.43. The first-order chi connectivity index (χ1) is 4.91. The van der Waals surface area contributed by atoms with E-state index in [9.17, 15) is 0 Å². The molecule has 10 heavy (non-hydrogen) atoms. The van der Waals surface area contributed by atoms with Gasteiger partial charge < -0.3 is 18.6 Å². The summed E-state index contributed by atoms with van der Waals surface area (Å²) in [5.41, 5.74) is 0. The quantitative estimate of drug-likeness (QED) is 0.265. The molecule has 0 amide bonds. The zero-order chi connectivity index (χ0) is 7.66. The highest BCUT2D eigenvalue weighted by atomic mass is 32.2. The van der Waals surface area contributed by atoms with E-state index >= 15 is 0 Å². The third kappa shape index (κ3) is 8.93. The summed E-state index contributed by atoms with van der Waals surface area (Å²) in [6.07, 6.45) is 1.79. The van der Waals surface area contributed by atoms with Crippen LogP contribution in [0.1, 0.15) is 0 Å². The Bertz CT molecular complexity index is 44.7. The van der Waals surface area contributed by atoms with Crippen molar-refractivity contribution in [2.45, 2.75) is 0 Å². The van der Waals surface area contributed by atoms with Crippen molar-refractivity contribution < 1.29 is 0 Å². The topological polar surface area (TPSA) is 0 Å². The fraction of sp³-hybridized carbons (Fsp3) is 0. The third-order valence-corrected chi connectivity index (χ3v) is 1.03. The summed E-state index contributed by atoms with van der Waals surface area (Å²) < 4.78 is 0. The van der Waals surface area contributed by atoms with Crippen LogP contribution in [0.2, 0.25) is 0 Å². The van der Waals surface area contributed by atoms with Crippen LogP contribution in [0.15, 0.2) is 0 Å². The minimum Gasteiger partial charge on any atom is -0.552 e. The normalized spacial score (nSPS) is 7.30. The second kappa shape index (κ2) is 9.93. The molecule has 0 unspecified atom stereocenters. The van der Waals surface area contributed by atoms with E-state index in [0.717, 1.165) is 0 Å². The molecular weight excluding hydrogens is 129 g/mol. The van der Waals surface area contributed by atoms with Crippen LogP contribution in [0.5, 0.6) is 0 Å². The molecule has 0 bridgehead atoms. The Morgan fingerprint density at radius 3 is 2.20 bits per heavy atom. The van der Waals surface area contributed by atoms with Crippen LogP contribution < -0.4 is 0 Å². The van der Waals surface area contributed by atoms with Gasteiger partial charge in [-0.25, -0.2) is 0 Å². The molecule has 0 atom stereocenters.